The van der Waals surface area contributed by atoms with E-state index in [1.54, 1.807) is 18.2 Å². The molecule has 0 spiro atoms. The number of hydrogen-bond acceptors (Lipinski definition) is 5. The van der Waals surface area contributed by atoms with Gasteiger partial charge in [-0.05, 0) is 37.1 Å². The van der Waals surface area contributed by atoms with Gasteiger partial charge in [0, 0.05) is 37.1 Å². The molecule has 1 aliphatic heterocycles. The van der Waals surface area contributed by atoms with Crippen molar-refractivity contribution in [2.24, 2.45) is 0 Å². The van der Waals surface area contributed by atoms with Crippen molar-refractivity contribution < 1.29 is 13.2 Å². The maximum atomic E-state index is 13.5. The Morgan fingerprint density at radius 1 is 1.00 bits per heavy atom. The Hall–Kier alpha value is -3.16. The molecule has 1 aromatic carbocycles. The SMILES string of the molecule is FC(F)(F)c1cc(N2CCCC(Nc3ccccc3)C2)nc(-c2ccccn2)n1. The minimum Gasteiger partial charge on any atom is -0.381 e. The molecular weight excluding hydrogens is 379 g/mol. The average molecular weight is 399 g/mol. The van der Waals surface area contributed by atoms with Crippen molar-refractivity contribution in [3.05, 3.63) is 66.5 Å². The minimum absolute atomic E-state index is 0.0198. The van der Waals surface area contributed by atoms with E-state index in [1.165, 1.54) is 6.20 Å². The molecule has 0 aliphatic carbocycles. The first-order valence-electron chi connectivity index (χ1n) is 9.43. The van der Waals surface area contributed by atoms with Crippen LogP contribution in [0.5, 0.6) is 0 Å². The summed E-state index contributed by atoms with van der Waals surface area (Å²) in [5, 5.41) is 3.45. The molecule has 1 atom stereocenters. The Kier molecular flexibility index (Phi) is 5.33. The van der Waals surface area contributed by atoms with E-state index in [0.717, 1.165) is 24.6 Å². The number of anilines is 2. The standard InChI is InChI=1S/C21H20F3N5/c22-21(23,24)18-13-19(28-20(27-18)17-10-4-5-11-25-17)29-12-6-9-16(14-29)26-15-7-2-1-3-8-15/h1-5,7-8,10-11,13,16,26H,6,9,12,14H2. The first-order chi connectivity index (χ1) is 14.0. The van der Waals surface area contributed by atoms with Crippen LogP contribution in [0.15, 0.2) is 60.8 Å². The van der Waals surface area contributed by atoms with Crippen LogP contribution in [0, 0.1) is 0 Å². The van der Waals surface area contributed by atoms with Crippen molar-refractivity contribution in [1.29, 1.82) is 0 Å². The van der Waals surface area contributed by atoms with Crippen molar-refractivity contribution >= 4 is 11.5 Å². The molecule has 0 saturated carbocycles. The van der Waals surface area contributed by atoms with Crippen LogP contribution in [-0.2, 0) is 6.18 Å². The van der Waals surface area contributed by atoms with E-state index in [9.17, 15) is 13.2 Å². The van der Waals surface area contributed by atoms with E-state index in [-0.39, 0.29) is 17.7 Å². The fourth-order valence-electron chi connectivity index (χ4n) is 3.42. The second-order valence-corrected chi connectivity index (χ2v) is 6.94. The fourth-order valence-corrected chi connectivity index (χ4v) is 3.42. The molecule has 150 valence electrons. The molecule has 3 heterocycles. The van der Waals surface area contributed by atoms with E-state index < -0.39 is 11.9 Å². The van der Waals surface area contributed by atoms with E-state index in [1.807, 2.05) is 35.2 Å². The molecule has 1 fully saturated rings. The second kappa shape index (κ2) is 8.06. The molecule has 0 amide bonds. The molecule has 4 rings (SSSR count). The van der Waals surface area contributed by atoms with Crippen LogP contribution in [0.4, 0.5) is 24.7 Å². The molecule has 1 unspecified atom stereocenters. The quantitative estimate of drug-likeness (QED) is 0.693. The maximum Gasteiger partial charge on any atom is 0.433 e. The smallest absolute Gasteiger partial charge is 0.381 e. The highest BCUT2D eigenvalue weighted by atomic mass is 19.4. The third-order valence-corrected chi connectivity index (χ3v) is 4.79. The lowest BCUT2D eigenvalue weighted by atomic mass is 10.1. The summed E-state index contributed by atoms with van der Waals surface area (Å²) >= 11 is 0. The van der Waals surface area contributed by atoms with Gasteiger partial charge < -0.3 is 10.2 Å². The molecule has 29 heavy (non-hydrogen) atoms. The molecule has 2 aromatic heterocycles. The summed E-state index contributed by atoms with van der Waals surface area (Å²) in [5.41, 5.74) is 0.351. The van der Waals surface area contributed by atoms with Gasteiger partial charge in [-0.3, -0.25) is 4.98 Å². The number of aromatic nitrogens is 3. The van der Waals surface area contributed by atoms with Crippen molar-refractivity contribution in [2.75, 3.05) is 23.3 Å². The Labute approximate surface area is 166 Å². The third kappa shape index (κ3) is 4.64. The molecule has 1 saturated heterocycles. The number of pyridine rings is 1. The van der Waals surface area contributed by atoms with Crippen LogP contribution in [0.3, 0.4) is 0 Å². The Bertz CT molecular complexity index is 948. The van der Waals surface area contributed by atoms with Crippen LogP contribution in [-0.4, -0.2) is 34.1 Å². The third-order valence-electron chi connectivity index (χ3n) is 4.79. The van der Waals surface area contributed by atoms with Crippen LogP contribution in [0.25, 0.3) is 11.5 Å². The second-order valence-electron chi connectivity index (χ2n) is 6.94. The summed E-state index contributed by atoms with van der Waals surface area (Å²) in [7, 11) is 0. The van der Waals surface area contributed by atoms with Crippen molar-refractivity contribution in [3.63, 3.8) is 0 Å². The van der Waals surface area contributed by atoms with Gasteiger partial charge in [-0.15, -0.1) is 0 Å². The largest absolute Gasteiger partial charge is 0.433 e. The summed E-state index contributed by atoms with van der Waals surface area (Å²) in [5.74, 6) is 0.251. The number of alkyl halides is 3. The number of rotatable bonds is 4. The van der Waals surface area contributed by atoms with Gasteiger partial charge in [-0.25, -0.2) is 9.97 Å². The van der Waals surface area contributed by atoms with Gasteiger partial charge in [0.2, 0.25) is 0 Å². The van der Waals surface area contributed by atoms with Gasteiger partial charge >= 0.3 is 6.18 Å². The molecule has 5 nitrogen and oxygen atoms in total. The number of nitrogens with one attached hydrogen (secondary N) is 1. The van der Waals surface area contributed by atoms with Gasteiger partial charge in [0.15, 0.2) is 11.5 Å². The number of hydrogen-bond donors (Lipinski definition) is 1. The lowest BCUT2D eigenvalue weighted by Gasteiger charge is -2.34. The number of para-hydroxylation sites is 1. The highest BCUT2D eigenvalue weighted by Gasteiger charge is 2.35. The number of benzene rings is 1. The Morgan fingerprint density at radius 2 is 1.79 bits per heavy atom. The topological polar surface area (TPSA) is 53.9 Å². The van der Waals surface area contributed by atoms with Crippen LogP contribution in [0.1, 0.15) is 18.5 Å². The zero-order chi connectivity index (χ0) is 20.3. The molecule has 1 N–H and O–H groups in total. The number of halogens is 3. The first kappa shape index (κ1) is 19.2. The molecule has 1 aliphatic rings. The zero-order valence-electron chi connectivity index (χ0n) is 15.6. The summed E-state index contributed by atoms with van der Waals surface area (Å²) in [6, 6.07) is 15.9. The van der Waals surface area contributed by atoms with Gasteiger partial charge in [0.1, 0.15) is 11.5 Å². The molecular formula is C21H20F3N5. The normalized spacial score (nSPS) is 17.2. The minimum atomic E-state index is -4.56. The van der Waals surface area contributed by atoms with Crippen LogP contribution in [0.2, 0.25) is 0 Å². The van der Waals surface area contributed by atoms with E-state index in [4.69, 9.17) is 0 Å². The highest BCUT2D eigenvalue weighted by Crippen LogP contribution is 2.32. The molecule has 0 radical (unpaired) electrons. The Balaban J connectivity index is 1.62. The van der Waals surface area contributed by atoms with Crippen molar-refractivity contribution in [1.82, 2.24) is 15.0 Å². The molecule has 3 aromatic rings. The highest BCUT2D eigenvalue weighted by molar-refractivity contribution is 5.54. The van der Waals surface area contributed by atoms with Gasteiger partial charge in [-0.1, -0.05) is 24.3 Å². The predicted molar refractivity (Wildman–Crippen MR) is 106 cm³/mol. The first-order valence-corrected chi connectivity index (χ1v) is 9.43. The summed E-state index contributed by atoms with van der Waals surface area (Å²) in [4.78, 5) is 14.1. The molecule has 8 heteroatoms. The Morgan fingerprint density at radius 3 is 2.52 bits per heavy atom. The fraction of sp³-hybridized carbons (Fsp3) is 0.286. The summed E-state index contributed by atoms with van der Waals surface area (Å²) in [6.07, 6.45) is -1.25. The monoisotopic (exact) mass is 399 g/mol. The van der Waals surface area contributed by atoms with Crippen LogP contribution < -0.4 is 10.2 Å². The summed E-state index contributed by atoms with van der Waals surface area (Å²) in [6.45, 7) is 1.20. The van der Waals surface area contributed by atoms with Crippen LogP contribution >= 0.6 is 0 Å². The van der Waals surface area contributed by atoms with Gasteiger partial charge in [-0.2, -0.15) is 13.2 Å². The lowest BCUT2D eigenvalue weighted by Crippen LogP contribution is -2.42. The number of piperidine rings is 1. The average Bonchev–Trinajstić information content (AvgIpc) is 2.74. The van der Waals surface area contributed by atoms with Crippen molar-refractivity contribution in [2.45, 2.75) is 25.1 Å². The van der Waals surface area contributed by atoms with E-state index in [0.29, 0.717) is 18.8 Å². The number of nitrogens with zero attached hydrogens (tertiary/aromatic N) is 4. The molecule has 0 bridgehead atoms. The summed E-state index contributed by atoms with van der Waals surface area (Å²) < 4.78 is 40.4. The lowest BCUT2D eigenvalue weighted by molar-refractivity contribution is -0.141. The maximum absolute atomic E-state index is 13.5. The van der Waals surface area contributed by atoms with Gasteiger partial charge in [0.25, 0.3) is 0 Å². The predicted octanol–water partition coefficient (Wildman–Crippen LogP) is 4.64. The van der Waals surface area contributed by atoms with E-state index in [2.05, 4.69) is 20.3 Å². The zero-order valence-corrected chi connectivity index (χ0v) is 15.6. The van der Waals surface area contributed by atoms with Crippen molar-refractivity contribution in [3.8, 4) is 11.5 Å². The van der Waals surface area contributed by atoms with E-state index >= 15 is 0 Å². The van der Waals surface area contributed by atoms with Gasteiger partial charge in [0.05, 0.1) is 0 Å².